The van der Waals surface area contributed by atoms with Crippen molar-refractivity contribution in [3.8, 4) is 11.4 Å². The summed E-state index contributed by atoms with van der Waals surface area (Å²) in [5.74, 6) is 0.132. The molecule has 0 aliphatic rings. The maximum atomic E-state index is 13.1. The Morgan fingerprint density at radius 1 is 1.18 bits per heavy atom. The first-order valence-corrected chi connectivity index (χ1v) is 6.16. The van der Waals surface area contributed by atoms with Crippen LogP contribution in [0.1, 0.15) is 0 Å². The van der Waals surface area contributed by atoms with Gasteiger partial charge in [0.15, 0.2) is 11.0 Å². The van der Waals surface area contributed by atoms with Crippen molar-refractivity contribution < 1.29 is 4.39 Å². The van der Waals surface area contributed by atoms with Gasteiger partial charge in [0.05, 0.1) is 10.2 Å². The number of thiophene rings is 1. The summed E-state index contributed by atoms with van der Waals surface area (Å²) in [7, 11) is 0. The zero-order chi connectivity index (χ0) is 11.8. The standard InChI is InChI=1S/C12H6ClFN2S/c13-11-10-9(4-5-17-10)15-12(16-11)7-2-1-3-8(14)6-7/h1-6H. The topological polar surface area (TPSA) is 25.8 Å². The highest BCUT2D eigenvalue weighted by atomic mass is 35.5. The third-order valence-corrected chi connectivity index (χ3v) is 3.64. The Bertz CT molecular complexity index is 696. The van der Waals surface area contributed by atoms with E-state index in [1.807, 2.05) is 11.4 Å². The monoisotopic (exact) mass is 264 g/mol. The van der Waals surface area contributed by atoms with E-state index >= 15 is 0 Å². The molecule has 17 heavy (non-hydrogen) atoms. The number of aromatic nitrogens is 2. The van der Waals surface area contributed by atoms with Gasteiger partial charge in [-0.1, -0.05) is 23.7 Å². The minimum Gasteiger partial charge on any atom is -0.227 e. The quantitative estimate of drug-likeness (QED) is 0.617. The van der Waals surface area contributed by atoms with E-state index in [4.69, 9.17) is 11.6 Å². The van der Waals surface area contributed by atoms with Gasteiger partial charge in [0.2, 0.25) is 0 Å². The van der Waals surface area contributed by atoms with Gasteiger partial charge >= 0.3 is 0 Å². The lowest BCUT2D eigenvalue weighted by Gasteiger charge is -2.01. The fraction of sp³-hybridized carbons (Fsp3) is 0. The van der Waals surface area contributed by atoms with Crippen LogP contribution in [0.2, 0.25) is 5.15 Å². The first-order valence-electron chi connectivity index (χ1n) is 4.91. The van der Waals surface area contributed by atoms with E-state index in [0.717, 1.165) is 10.2 Å². The van der Waals surface area contributed by atoms with Crippen molar-refractivity contribution in [1.29, 1.82) is 0 Å². The molecule has 84 valence electrons. The second-order valence-electron chi connectivity index (χ2n) is 3.48. The maximum Gasteiger partial charge on any atom is 0.161 e. The van der Waals surface area contributed by atoms with E-state index in [-0.39, 0.29) is 5.82 Å². The molecular formula is C12H6ClFN2S. The van der Waals surface area contributed by atoms with Crippen molar-refractivity contribution in [3.05, 3.63) is 46.7 Å². The van der Waals surface area contributed by atoms with Crippen LogP contribution in [0.5, 0.6) is 0 Å². The second-order valence-corrected chi connectivity index (χ2v) is 4.76. The van der Waals surface area contributed by atoms with Crippen LogP contribution in [0.3, 0.4) is 0 Å². The van der Waals surface area contributed by atoms with Gasteiger partial charge in [0.1, 0.15) is 5.82 Å². The molecule has 2 heterocycles. The highest BCUT2D eigenvalue weighted by Gasteiger charge is 2.09. The van der Waals surface area contributed by atoms with Crippen LogP contribution in [0, 0.1) is 5.82 Å². The first-order chi connectivity index (χ1) is 8.24. The van der Waals surface area contributed by atoms with E-state index in [1.165, 1.54) is 23.5 Å². The van der Waals surface area contributed by atoms with Crippen molar-refractivity contribution in [2.75, 3.05) is 0 Å². The van der Waals surface area contributed by atoms with Crippen LogP contribution in [0.4, 0.5) is 4.39 Å². The predicted octanol–water partition coefficient (Wildman–Crippen LogP) is 4.15. The lowest BCUT2D eigenvalue weighted by atomic mass is 10.2. The van der Waals surface area contributed by atoms with Gasteiger partial charge in [-0.3, -0.25) is 0 Å². The summed E-state index contributed by atoms with van der Waals surface area (Å²) in [4.78, 5) is 8.54. The fourth-order valence-electron chi connectivity index (χ4n) is 1.58. The fourth-order valence-corrected chi connectivity index (χ4v) is 2.61. The number of fused-ring (bicyclic) bond motifs is 1. The highest BCUT2D eigenvalue weighted by Crippen LogP contribution is 2.28. The Hall–Kier alpha value is -1.52. The summed E-state index contributed by atoms with van der Waals surface area (Å²) < 4.78 is 14.0. The third kappa shape index (κ3) is 1.90. The number of halogens is 2. The molecule has 0 aliphatic heterocycles. The summed E-state index contributed by atoms with van der Waals surface area (Å²) in [6, 6.07) is 8.03. The molecule has 3 aromatic rings. The van der Waals surface area contributed by atoms with Gasteiger partial charge in [-0.2, -0.15) is 0 Å². The molecule has 0 atom stereocenters. The molecular weight excluding hydrogens is 259 g/mol. The maximum absolute atomic E-state index is 13.1. The van der Waals surface area contributed by atoms with Crippen LogP contribution in [-0.4, -0.2) is 9.97 Å². The molecule has 0 saturated carbocycles. The summed E-state index contributed by atoms with van der Waals surface area (Å²) in [6.45, 7) is 0. The molecule has 0 fully saturated rings. The minimum atomic E-state index is -0.312. The molecule has 1 aromatic carbocycles. The molecule has 0 N–H and O–H groups in total. The van der Waals surface area contributed by atoms with Gasteiger partial charge < -0.3 is 0 Å². The molecule has 3 rings (SSSR count). The van der Waals surface area contributed by atoms with E-state index in [0.29, 0.717) is 16.5 Å². The van der Waals surface area contributed by atoms with Crippen molar-refractivity contribution in [3.63, 3.8) is 0 Å². The number of hydrogen-bond acceptors (Lipinski definition) is 3. The molecule has 2 nitrogen and oxygen atoms in total. The average molecular weight is 265 g/mol. The zero-order valence-electron chi connectivity index (χ0n) is 8.52. The second kappa shape index (κ2) is 4.05. The van der Waals surface area contributed by atoms with Crippen molar-refractivity contribution >= 4 is 33.2 Å². The normalized spacial score (nSPS) is 10.9. The predicted molar refractivity (Wildman–Crippen MR) is 67.8 cm³/mol. The molecule has 5 heteroatoms. The van der Waals surface area contributed by atoms with Gasteiger partial charge in [-0.25, -0.2) is 14.4 Å². The molecule has 0 aliphatic carbocycles. The average Bonchev–Trinajstić information content (AvgIpc) is 2.77. The molecule has 0 saturated heterocycles. The highest BCUT2D eigenvalue weighted by molar-refractivity contribution is 7.17. The van der Waals surface area contributed by atoms with Crippen LogP contribution in [-0.2, 0) is 0 Å². The molecule has 0 spiro atoms. The molecule has 0 unspecified atom stereocenters. The lowest BCUT2D eigenvalue weighted by Crippen LogP contribution is -1.90. The number of hydrogen-bond donors (Lipinski definition) is 0. The van der Waals surface area contributed by atoms with E-state index in [9.17, 15) is 4.39 Å². The largest absolute Gasteiger partial charge is 0.227 e. The van der Waals surface area contributed by atoms with E-state index in [1.54, 1.807) is 12.1 Å². The van der Waals surface area contributed by atoms with Crippen LogP contribution >= 0.6 is 22.9 Å². The molecule has 0 amide bonds. The van der Waals surface area contributed by atoms with Crippen molar-refractivity contribution in [2.45, 2.75) is 0 Å². The summed E-state index contributed by atoms with van der Waals surface area (Å²) in [5.41, 5.74) is 1.41. The van der Waals surface area contributed by atoms with Gasteiger partial charge in [0, 0.05) is 5.56 Å². The van der Waals surface area contributed by atoms with Gasteiger partial charge in [0.25, 0.3) is 0 Å². The van der Waals surface area contributed by atoms with E-state index < -0.39 is 0 Å². The van der Waals surface area contributed by atoms with Crippen molar-refractivity contribution in [1.82, 2.24) is 9.97 Å². The summed E-state index contributed by atoms with van der Waals surface area (Å²) in [6.07, 6.45) is 0. The molecule has 2 aromatic heterocycles. The lowest BCUT2D eigenvalue weighted by molar-refractivity contribution is 0.628. The Kier molecular flexibility index (Phi) is 2.53. The van der Waals surface area contributed by atoms with Crippen LogP contribution in [0.15, 0.2) is 35.7 Å². The number of benzene rings is 1. The summed E-state index contributed by atoms with van der Waals surface area (Å²) >= 11 is 7.55. The van der Waals surface area contributed by atoms with Crippen molar-refractivity contribution in [2.24, 2.45) is 0 Å². The van der Waals surface area contributed by atoms with Gasteiger partial charge in [-0.15, -0.1) is 11.3 Å². The zero-order valence-corrected chi connectivity index (χ0v) is 10.1. The summed E-state index contributed by atoms with van der Waals surface area (Å²) in [5, 5.41) is 2.31. The Morgan fingerprint density at radius 3 is 2.88 bits per heavy atom. The number of nitrogens with zero attached hydrogens (tertiary/aromatic N) is 2. The SMILES string of the molecule is Fc1cccc(-c2nc(Cl)c3sccc3n2)c1. The Balaban J connectivity index is 2.23. The van der Waals surface area contributed by atoms with Crippen LogP contribution in [0.25, 0.3) is 21.6 Å². The Labute approximate surface area is 106 Å². The molecule has 0 radical (unpaired) electrons. The Morgan fingerprint density at radius 2 is 2.06 bits per heavy atom. The van der Waals surface area contributed by atoms with Gasteiger partial charge in [-0.05, 0) is 23.6 Å². The third-order valence-electron chi connectivity index (χ3n) is 2.35. The minimum absolute atomic E-state index is 0.312. The number of rotatable bonds is 1. The first kappa shape index (κ1) is 10.6. The molecule has 0 bridgehead atoms. The smallest absolute Gasteiger partial charge is 0.161 e. The van der Waals surface area contributed by atoms with E-state index in [2.05, 4.69) is 9.97 Å². The van der Waals surface area contributed by atoms with Crippen LogP contribution < -0.4 is 0 Å².